The number of carbonyl (C=O) groups excluding carboxylic acids is 1. The second-order valence-electron chi connectivity index (χ2n) is 8.07. The van der Waals surface area contributed by atoms with E-state index in [-0.39, 0.29) is 11.8 Å². The summed E-state index contributed by atoms with van der Waals surface area (Å²) < 4.78 is 5.44. The molecule has 1 aromatic heterocycles. The molecule has 6 nitrogen and oxygen atoms in total. The Kier molecular flexibility index (Phi) is 8.67. The highest BCUT2D eigenvalue weighted by molar-refractivity contribution is 7.98. The molecule has 1 N–H and O–H groups in total. The van der Waals surface area contributed by atoms with Crippen LogP contribution in [0.1, 0.15) is 24.3 Å². The normalized spacial score (nSPS) is 16.6. The number of nitrogens with one attached hydrogen (secondary N) is 1. The van der Waals surface area contributed by atoms with Gasteiger partial charge in [-0.2, -0.15) is 16.7 Å². The van der Waals surface area contributed by atoms with Gasteiger partial charge in [0.2, 0.25) is 17.6 Å². The molecule has 2 aromatic carbocycles. The highest BCUT2D eigenvalue weighted by Gasteiger charge is 2.26. The minimum absolute atomic E-state index is 0.0182. The smallest absolute Gasteiger partial charge is 0.241 e. The Morgan fingerprint density at radius 2 is 2.03 bits per heavy atom. The maximum atomic E-state index is 12.7. The van der Waals surface area contributed by atoms with E-state index in [1.165, 1.54) is 5.56 Å². The Labute approximate surface area is 208 Å². The molecule has 1 atom stereocenters. The summed E-state index contributed by atoms with van der Waals surface area (Å²) in [6.07, 6.45) is 1.87. The predicted molar refractivity (Wildman–Crippen MR) is 133 cm³/mol. The molecule has 3 aromatic rings. The quantitative estimate of drug-likeness (QED) is 0.398. The van der Waals surface area contributed by atoms with Crippen LogP contribution in [0.5, 0.6) is 0 Å². The monoisotopic (exact) mass is 504 g/mol. The van der Waals surface area contributed by atoms with Crippen LogP contribution in [0, 0.1) is 5.92 Å². The molecule has 0 aliphatic carbocycles. The molecular weight excluding hydrogens is 479 g/mol. The maximum Gasteiger partial charge on any atom is 0.241 e. The largest absolute Gasteiger partial charge is 0.355 e. The van der Waals surface area contributed by atoms with Crippen molar-refractivity contribution in [3.05, 3.63) is 70.0 Å². The lowest BCUT2D eigenvalue weighted by molar-refractivity contribution is -0.126. The molecule has 1 unspecified atom stereocenters. The van der Waals surface area contributed by atoms with Gasteiger partial charge in [-0.1, -0.05) is 40.5 Å². The van der Waals surface area contributed by atoms with Gasteiger partial charge in [0.1, 0.15) is 0 Å². The third kappa shape index (κ3) is 7.21. The number of likely N-dealkylation sites (tertiary alicyclic amines) is 1. The molecule has 0 bridgehead atoms. The van der Waals surface area contributed by atoms with Crippen LogP contribution in [-0.4, -0.2) is 46.3 Å². The van der Waals surface area contributed by atoms with E-state index in [1.807, 2.05) is 30.3 Å². The first-order valence-corrected chi connectivity index (χ1v) is 12.9. The molecule has 1 amide bonds. The standard InChI is InChI=1S/C24H26Cl2N4O2S/c25-20-8-6-18(7-9-20)23-28-22(32-29-23)15-30-11-2-4-19(14-30)24(31)27-10-12-33-16-17-3-1-5-21(26)13-17/h1,3,5-9,13,19H,2,4,10-12,14-16H2,(H,27,31). The SMILES string of the molecule is O=C(NCCSCc1cccc(Cl)c1)C1CCCN(Cc2nc(-c3ccc(Cl)cc3)no2)C1. The van der Waals surface area contributed by atoms with E-state index in [0.29, 0.717) is 36.4 Å². The number of aromatic nitrogens is 2. The van der Waals surface area contributed by atoms with Gasteiger partial charge >= 0.3 is 0 Å². The van der Waals surface area contributed by atoms with Gasteiger partial charge in [0.25, 0.3) is 0 Å². The number of benzene rings is 2. The van der Waals surface area contributed by atoms with Crippen molar-refractivity contribution >= 4 is 40.9 Å². The lowest BCUT2D eigenvalue weighted by Crippen LogP contribution is -2.43. The van der Waals surface area contributed by atoms with E-state index in [2.05, 4.69) is 26.4 Å². The average molecular weight is 505 g/mol. The summed E-state index contributed by atoms with van der Waals surface area (Å²) in [7, 11) is 0. The number of thioether (sulfide) groups is 1. The summed E-state index contributed by atoms with van der Waals surface area (Å²) in [5.74, 6) is 2.95. The molecule has 2 heterocycles. The molecule has 1 saturated heterocycles. The third-order valence-electron chi connectivity index (χ3n) is 5.51. The molecule has 1 aliphatic heterocycles. The van der Waals surface area contributed by atoms with E-state index in [0.717, 1.165) is 41.5 Å². The van der Waals surface area contributed by atoms with E-state index in [4.69, 9.17) is 27.7 Å². The lowest BCUT2D eigenvalue weighted by Gasteiger charge is -2.30. The predicted octanol–water partition coefficient (Wildman–Crippen LogP) is 5.31. The van der Waals surface area contributed by atoms with Crippen molar-refractivity contribution in [2.24, 2.45) is 5.92 Å². The zero-order valence-electron chi connectivity index (χ0n) is 18.2. The Morgan fingerprint density at radius 1 is 1.18 bits per heavy atom. The topological polar surface area (TPSA) is 71.3 Å². The average Bonchev–Trinajstić information content (AvgIpc) is 3.28. The van der Waals surface area contributed by atoms with Crippen LogP contribution >= 0.6 is 35.0 Å². The minimum atomic E-state index is -0.0182. The Morgan fingerprint density at radius 3 is 2.85 bits per heavy atom. The number of amides is 1. The number of halogens is 2. The van der Waals surface area contributed by atoms with Crippen LogP contribution in [0.25, 0.3) is 11.4 Å². The molecule has 33 heavy (non-hydrogen) atoms. The second kappa shape index (κ2) is 11.9. The zero-order chi connectivity index (χ0) is 23.0. The van der Waals surface area contributed by atoms with Gasteiger partial charge in [-0.25, -0.2) is 0 Å². The fourth-order valence-corrected chi connectivity index (χ4v) is 4.99. The summed E-state index contributed by atoms with van der Waals surface area (Å²) in [6, 6.07) is 15.2. The first-order valence-electron chi connectivity index (χ1n) is 11.0. The molecule has 0 saturated carbocycles. The molecule has 1 aliphatic rings. The van der Waals surface area contributed by atoms with Crippen molar-refractivity contribution in [3.8, 4) is 11.4 Å². The van der Waals surface area contributed by atoms with Gasteiger partial charge in [0.05, 0.1) is 12.5 Å². The van der Waals surface area contributed by atoms with Crippen molar-refractivity contribution in [3.63, 3.8) is 0 Å². The number of carbonyl (C=O) groups is 1. The van der Waals surface area contributed by atoms with E-state index < -0.39 is 0 Å². The lowest BCUT2D eigenvalue weighted by atomic mass is 9.97. The zero-order valence-corrected chi connectivity index (χ0v) is 20.5. The first-order chi connectivity index (χ1) is 16.1. The summed E-state index contributed by atoms with van der Waals surface area (Å²) in [5.41, 5.74) is 2.06. The van der Waals surface area contributed by atoms with Crippen molar-refractivity contribution in [2.45, 2.75) is 25.1 Å². The number of rotatable bonds is 9. The molecule has 0 radical (unpaired) electrons. The number of piperidine rings is 1. The highest BCUT2D eigenvalue weighted by atomic mass is 35.5. The van der Waals surface area contributed by atoms with Gasteiger partial charge < -0.3 is 9.84 Å². The number of hydrogen-bond acceptors (Lipinski definition) is 6. The van der Waals surface area contributed by atoms with Gasteiger partial charge in [0.15, 0.2) is 0 Å². The summed E-state index contributed by atoms with van der Waals surface area (Å²) in [5, 5.41) is 8.59. The summed E-state index contributed by atoms with van der Waals surface area (Å²) in [4.78, 5) is 19.4. The molecule has 0 spiro atoms. The fraction of sp³-hybridized carbons (Fsp3) is 0.375. The molecule has 9 heteroatoms. The minimum Gasteiger partial charge on any atom is -0.355 e. The van der Waals surface area contributed by atoms with Crippen molar-refractivity contribution in [1.82, 2.24) is 20.4 Å². The maximum absolute atomic E-state index is 12.7. The number of nitrogens with zero attached hydrogens (tertiary/aromatic N) is 3. The highest BCUT2D eigenvalue weighted by Crippen LogP contribution is 2.22. The van der Waals surface area contributed by atoms with Crippen LogP contribution in [-0.2, 0) is 17.1 Å². The van der Waals surface area contributed by atoms with Crippen LogP contribution in [0.3, 0.4) is 0 Å². The molecule has 4 rings (SSSR count). The molecule has 1 fully saturated rings. The molecular formula is C24H26Cl2N4O2S. The van der Waals surface area contributed by atoms with Gasteiger partial charge in [-0.3, -0.25) is 9.69 Å². The van der Waals surface area contributed by atoms with Crippen molar-refractivity contribution in [2.75, 3.05) is 25.4 Å². The van der Waals surface area contributed by atoms with Crippen molar-refractivity contribution < 1.29 is 9.32 Å². The van der Waals surface area contributed by atoms with Crippen LogP contribution in [0.2, 0.25) is 10.0 Å². The third-order valence-corrected chi connectivity index (χ3v) is 7.03. The van der Waals surface area contributed by atoms with E-state index in [1.54, 1.807) is 23.9 Å². The number of hydrogen-bond donors (Lipinski definition) is 1. The van der Waals surface area contributed by atoms with Crippen LogP contribution < -0.4 is 5.32 Å². The van der Waals surface area contributed by atoms with E-state index >= 15 is 0 Å². The van der Waals surface area contributed by atoms with Crippen LogP contribution in [0.15, 0.2) is 53.1 Å². The van der Waals surface area contributed by atoms with Gasteiger partial charge in [0, 0.05) is 40.2 Å². The second-order valence-corrected chi connectivity index (χ2v) is 10.0. The Hall–Kier alpha value is -2.06. The Balaban J connectivity index is 1.19. The summed E-state index contributed by atoms with van der Waals surface area (Å²) >= 11 is 13.8. The van der Waals surface area contributed by atoms with Crippen LogP contribution in [0.4, 0.5) is 0 Å². The first kappa shape index (κ1) is 24.1. The van der Waals surface area contributed by atoms with Gasteiger partial charge in [-0.15, -0.1) is 0 Å². The molecule has 174 valence electrons. The van der Waals surface area contributed by atoms with Gasteiger partial charge in [-0.05, 0) is 61.3 Å². The van der Waals surface area contributed by atoms with Crippen molar-refractivity contribution in [1.29, 1.82) is 0 Å². The fourth-order valence-electron chi connectivity index (χ4n) is 3.85. The Bertz CT molecular complexity index is 1060. The summed E-state index contributed by atoms with van der Waals surface area (Å²) in [6.45, 7) is 2.81. The van der Waals surface area contributed by atoms with E-state index in [9.17, 15) is 4.79 Å².